The maximum Gasteiger partial charge on any atom is 0.328 e. The summed E-state index contributed by atoms with van der Waals surface area (Å²) in [5.41, 5.74) is 0. The fourth-order valence-electron chi connectivity index (χ4n) is 2.36. The number of nitrogens with zero attached hydrogens (tertiary/aromatic N) is 1. The second-order valence-corrected chi connectivity index (χ2v) is 7.61. The van der Waals surface area contributed by atoms with Gasteiger partial charge in [0.15, 0.2) is 0 Å². The molecule has 1 saturated heterocycles. The molecule has 0 bridgehead atoms. The number of carbonyl (C=O) groups excluding carboxylic acids is 2. The standard InChI is InChI=1S/C14H18ClNO3S2/c1-19-14(18)11-4-2-3-7-16(11)13(17)9-20-8-10-5-6-12(15)21-10/h5-6,11H,2-4,7-9H2,1H3/t11-/m1/s1. The van der Waals surface area contributed by atoms with E-state index in [0.717, 1.165) is 27.8 Å². The summed E-state index contributed by atoms with van der Waals surface area (Å²) in [6, 6.07) is 3.43. The number of halogens is 1. The first-order valence-electron chi connectivity index (χ1n) is 6.81. The lowest BCUT2D eigenvalue weighted by molar-refractivity contribution is -0.153. The van der Waals surface area contributed by atoms with Gasteiger partial charge in [0, 0.05) is 17.2 Å². The number of rotatable bonds is 5. The summed E-state index contributed by atoms with van der Waals surface area (Å²) in [4.78, 5) is 26.9. The minimum absolute atomic E-state index is 0.0118. The van der Waals surface area contributed by atoms with Crippen LogP contribution in [-0.2, 0) is 20.1 Å². The molecule has 116 valence electrons. The fourth-order valence-corrected chi connectivity index (χ4v) is 4.47. The van der Waals surface area contributed by atoms with Gasteiger partial charge in [-0.05, 0) is 31.4 Å². The first-order valence-corrected chi connectivity index (χ1v) is 9.16. The minimum Gasteiger partial charge on any atom is -0.467 e. The Bertz CT molecular complexity index is 506. The monoisotopic (exact) mass is 347 g/mol. The third-order valence-electron chi connectivity index (χ3n) is 3.40. The summed E-state index contributed by atoms with van der Waals surface area (Å²) in [5, 5.41) is 0. The average molecular weight is 348 g/mol. The highest BCUT2D eigenvalue weighted by Crippen LogP contribution is 2.26. The molecule has 7 heteroatoms. The summed E-state index contributed by atoms with van der Waals surface area (Å²) >= 11 is 8.96. The van der Waals surface area contributed by atoms with Crippen molar-refractivity contribution in [1.29, 1.82) is 0 Å². The van der Waals surface area contributed by atoms with E-state index in [-0.39, 0.29) is 11.9 Å². The van der Waals surface area contributed by atoms with Gasteiger partial charge in [-0.3, -0.25) is 4.79 Å². The van der Waals surface area contributed by atoms with Gasteiger partial charge in [-0.15, -0.1) is 23.1 Å². The first kappa shape index (κ1) is 16.6. The van der Waals surface area contributed by atoms with Crippen LogP contribution in [-0.4, -0.2) is 42.2 Å². The molecule has 2 heterocycles. The van der Waals surface area contributed by atoms with Crippen molar-refractivity contribution in [3.05, 3.63) is 21.3 Å². The number of esters is 1. The van der Waals surface area contributed by atoms with Crippen molar-refractivity contribution in [1.82, 2.24) is 4.90 Å². The fraction of sp³-hybridized carbons (Fsp3) is 0.571. The first-order chi connectivity index (χ1) is 10.1. The molecular formula is C14H18ClNO3S2. The lowest BCUT2D eigenvalue weighted by Gasteiger charge is -2.33. The van der Waals surface area contributed by atoms with E-state index in [1.807, 2.05) is 12.1 Å². The highest BCUT2D eigenvalue weighted by molar-refractivity contribution is 7.99. The molecular weight excluding hydrogens is 330 g/mol. The Morgan fingerprint density at radius 3 is 2.95 bits per heavy atom. The van der Waals surface area contributed by atoms with Gasteiger partial charge in [0.25, 0.3) is 0 Å². The zero-order valence-corrected chi connectivity index (χ0v) is 14.2. The van der Waals surface area contributed by atoms with E-state index in [1.54, 1.807) is 16.7 Å². The largest absolute Gasteiger partial charge is 0.467 e. The van der Waals surface area contributed by atoms with Crippen LogP contribution in [0.5, 0.6) is 0 Å². The van der Waals surface area contributed by atoms with Crippen molar-refractivity contribution in [2.45, 2.75) is 31.1 Å². The molecule has 2 rings (SSSR count). The van der Waals surface area contributed by atoms with Gasteiger partial charge in [0.2, 0.25) is 5.91 Å². The molecule has 21 heavy (non-hydrogen) atoms. The van der Waals surface area contributed by atoms with Crippen LogP contribution >= 0.6 is 34.7 Å². The maximum absolute atomic E-state index is 12.3. The Labute approximate surface area is 137 Å². The maximum atomic E-state index is 12.3. The van der Waals surface area contributed by atoms with Gasteiger partial charge in [-0.1, -0.05) is 11.6 Å². The molecule has 1 fully saturated rings. The number of ether oxygens (including phenoxy) is 1. The van der Waals surface area contributed by atoms with Crippen molar-refractivity contribution in [2.75, 3.05) is 19.4 Å². The Kier molecular flexibility index (Phi) is 6.39. The molecule has 1 aromatic heterocycles. The molecule has 0 radical (unpaired) electrons. The van der Waals surface area contributed by atoms with Crippen LogP contribution in [0.2, 0.25) is 4.34 Å². The van der Waals surface area contributed by atoms with Gasteiger partial charge in [-0.2, -0.15) is 0 Å². The number of thiophene rings is 1. The predicted octanol–water partition coefficient (Wildman–Crippen LogP) is 3.19. The summed E-state index contributed by atoms with van der Waals surface area (Å²) in [6.07, 6.45) is 2.61. The Hall–Kier alpha value is -0.720. The molecule has 0 N–H and O–H groups in total. The normalized spacial score (nSPS) is 18.6. The van der Waals surface area contributed by atoms with Crippen LogP contribution in [0.25, 0.3) is 0 Å². The van der Waals surface area contributed by atoms with Crippen LogP contribution in [0.3, 0.4) is 0 Å². The highest BCUT2D eigenvalue weighted by Gasteiger charge is 2.32. The molecule has 1 atom stereocenters. The Balaban J connectivity index is 1.84. The third-order valence-corrected chi connectivity index (χ3v) is 5.78. The molecule has 4 nitrogen and oxygen atoms in total. The summed E-state index contributed by atoms with van der Waals surface area (Å²) in [6.45, 7) is 0.643. The smallest absolute Gasteiger partial charge is 0.328 e. The van der Waals surface area contributed by atoms with Crippen LogP contribution in [0.15, 0.2) is 12.1 Å². The van der Waals surface area contributed by atoms with Gasteiger partial charge in [-0.25, -0.2) is 4.79 Å². The number of likely N-dealkylation sites (tertiary alicyclic amines) is 1. The summed E-state index contributed by atoms with van der Waals surface area (Å²) in [7, 11) is 1.37. The van der Waals surface area contributed by atoms with Crippen molar-refractivity contribution in [3.63, 3.8) is 0 Å². The molecule has 1 aromatic rings. The van der Waals surface area contributed by atoms with E-state index >= 15 is 0 Å². The molecule has 0 aromatic carbocycles. The van der Waals surface area contributed by atoms with Gasteiger partial charge in [0.1, 0.15) is 6.04 Å². The zero-order valence-electron chi connectivity index (χ0n) is 11.8. The topological polar surface area (TPSA) is 46.6 Å². The van der Waals surface area contributed by atoms with E-state index in [4.69, 9.17) is 16.3 Å². The number of piperidine rings is 1. The summed E-state index contributed by atoms with van der Waals surface area (Å²) < 4.78 is 5.56. The van der Waals surface area contributed by atoms with Crippen molar-refractivity contribution < 1.29 is 14.3 Å². The van der Waals surface area contributed by atoms with Crippen molar-refractivity contribution in [2.24, 2.45) is 0 Å². The third kappa shape index (κ3) is 4.63. The molecule has 1 amide bonds. The number of thioether (sulfide) groups is 1. The van der Waals surface area contributed by atoms with Gasteiger partial charge < -0.3 is 9.64 Å². The van der Waals surface area contributed by atoms with E-state index in [9.17, 15) is 9.59 Å². The average Bonchev–Trinajstić information content (AvgIpc) is 2.91. The SMILES string of the molecule is COC(=O)[C@H]1CCCCN1C(=O)CSCc1ccc(Cl)s1. The predicted molar refractivity (Wildman–Crippen MR) is 86.9 cm³/mol. The second kappa shape index (κ2) is 8.06. The zero-order chi connectivity index (χ0) is 15.2. The quantitative estimate of drug-likeness (QED) is 0.767. The molecule has 0 spiro atoms. The van der Waals surface area contributed by atoms with Crippen LogP contribution in [0, 0.1) is 0 Å². The number of hydrogen-bond acceptors (Lipinski definition) is 5. The van der Waals surface area contributed by atoms with Gasteiger partial charge in [0.05, 0.1) is 17.2 Å². The van der Waals surface area contributed by atoms with Crippen LogP contribution in [0.4, 0.5) is 0 Å². The molecule has 0 saturated carbocycles. The lowest BCUT2D eigenvalue weighted by atomic mass is 10.0. The summed E-state index contributed by atoms with van der Waals surface area (Å²) in [5.74, 6) is 0.846. The van der Waals surface area contributed by atoms with E-state index in [0.29, 0.717) is 18.7 Å². The van der Waals surface area contributed by atoms with E-state index in [2.05, 4.69) is 0 Å². The highest BCUT2D eigenvalue weighted by atomic mass is 35.5. The molecule has 0 aliphatic carbocycles. The number of carbonyl (C=O) groups is 2. The Morgan fingerprint density at radius 1 is 1.48 bits per heavy atom. The van der Waals surface area contributed by atoms with Crippen LogP contribution < -0.4 is 0 Å². The number of hydrogen-bond donors (Lipinski definition) is 0. The minimum atomic E-state index is -0.409. The van der Waals surface area contributed by atoms with Gasteiger partial charge >= 0.3 is 5.97 Å². The van der Waals surface area contributed by atoms with Crippen molar-refractivity contribution in [3.8, 4) is 0 Å². The van der Waals surface area contributed by atoms with E-state index in [1.165, 1.54) is 18.4 Å². The second-order valence-electron chi connectivity index (χ2n) is 4.82. The lowest BCUT2D eigenvalue weighted by Crippen LogP contribution is -2.49. The molecule has 1 aliphatic heterocycles. The van der Waals surface area contributed by atoms with E-state index < -0.39 is 6.04 Å². The molecule has 0 unspecified atom stereocenters. The molecule has 1 aliphatic rings. The number of methoxy groups -OCH3 is 1. The Morgan fingerprint density at radius 2 is 2.29 bits per heavy atom. The van der Waals surface area contributed by atoms with Crippen molar-refractivity contribution >= 4 is 46.6 Å². The van der Waals surface area contributed by atoms with Crippen LogP contribution in [0.1, 0.15) is 24.1 Å². The number of amides is 1.